The zero-order valence-corrected chi connectivity index (χ0v) is 9.27. The number of nitrogens with one attached hydrogen (secondary N) is 1. The lowest BCUT2D eigenvalue weighted by Gasteiger charge is -2.32. The van der Waals surface area contributed by atoms with Crippen molar-refractivity contribution < 1.29 is 4.79 Å². The Balaban J connectivity index is 2.14. The molecule has 1 aliphatic rings. The van der Waals surface area contributed by atoms with Gasteiger partial charge in [0.2, 0.25) is 0 Å². The molecule has 1 aromatic heterocycles. The van der Waals surface area contributed by atoms with Crippen molar-refractivity contribution in [3.05, 3.63) is 34.2 Å². The SMILES string of the molecule is CN1CCN(C(=O)c2c[nH]ccc2=O)CC1. The van der Waals surface area contributed by atoms with Crippen molar-refractivity contribution in [3.8, 4) is 0 Å². The molecule has 0 saturated carbocycles. The quantitative estimate of drug-likeness (QED) is 0.712. The predicted octanol–water partition coefficient (Wildman–Crippen LogP) is -0.238. The summed E-state index contributed by atoms with van der Waals surface area (Å²) in [4.78, 5) is 30.2. The molecule has 16 heavy (non-hydrogen) atoms. The molecule has 0 radical (unpaired) electrons. The van der Waals surface area contributed by atoms with Crippen LogP contribution in [0.25, 0.3) is 0 Å². The summed E-state index contributed by atoms with van der Waals surface area (Å²) in [6.07, 6.45) is 3.01. The third kappa shape index (κ3) is 2.14. The Morgan fingerprint density at radius 1 is 1.31 bits per heavy atom. The maximum atomic E-state index is 12.0. The van der Waals surface area contributed by atoms with E-state index in [0.717, 1.165) is 13.1 Å². The van der Waals surface area contributed by atoms with Crippen LogP contribution in [0.3, 0.4) is 0 Å². The molecular formula is C11H15N3O2. The van der Waals surface area contributed by atoms with E-state index in [1.54, 1.807) is 4.90 Å². The van der Waals surface area contributed by atoms with Crippen LogP contribution in [0, 0.1) is 0 Å². The summed E-state index contributed by atoms with van der Waals surface area (Å²) in [7, 11) is 2.02. The number of aromatic amines is 1. The maximum Gasteiger partial charge on any atom is 0.259 e. The highest BCUT2D eigenvalue weighted by atomic mass is 16.2. The van der Waals surface area contributed by atoms with Crippen LogP contribution < -0.4 is 5.43 Å². The number of carbonyl (C=O) groups is 1. The molecule has 0 unspecified atom stereocenters. The van der Waals surface area contributed by atoms with Crippen molar-refractivity contribution in [2.45, 2.75) is 0 Å². The minimum atomic E-state index is -0.220. The van der Waals surface area contributed by atoms with Gasteiger partial charge in [-0.15, -0.1) is 0 Å². The maximum absolute atomic E-state index is 12.0. The van der Waals surface area contributed by atoms with Gasteiger partial charge in [-0.1, -0.05) is 0 Å². The van der Waals surface area contributed by atoms with Crippen molar-refractivity contribution >= 4 is 5.91 Å². The molecule has 5 heteroatoms. The van der Waals surface area contributed by atoms with Crippen molar-refractivity contribution in [2.24, 2.45) is 0 Å². The standard InChI is InChI=1S/C11H15N3O2/c1-13-4-6-14(7-5-13)11(16)9-8-12-3-2-10(9)15/h2-3,8H,4-7H2,1H3,(H,12,15). The van der Waals surface area contributed by atoms with Crippen molar-refractivity contribution in [1.29, 1.82) is 0 Å². The summed E-state index contributed by atoms with van der Waals surface area (Å²) in [6, 6.07) is 1.38. The molecular weight excluding hydrogens is 206 g/mol. The smallest absolute Gasteiger partial charge is 0.259 e. The highest BCUT2D eigenvalue weighted by Crippen LogP contribution is 2.03. The molecule has 1 aliphatic heterocycles. The minimum Gasteiger partial charge on any atom is -0.367 e. The van der Waals surface area contributed by atoms with Crippen molar-refractivity contribution in [1.82, 2.24) is 14.8 Å². The summed E-state index contributed by atoms with van der Waals surface area (Å²) >= 11 is 0. The number of pyridine rings is 1. The lowest BCUT2D eigenvalue weighted by Crippen LogP contribution is -2.48. The van der Waals surface area contributed by atoms with E-state index in [2.05, 4.69) is 9.88 Å². The van der Waals surface area contributed by atoms with Gasteiger partial charge in [0, 0.05) is 44.6 Å². The Hall–Kier alpha value is -1.62. The first-order chi connectivity index (χ1) is 7.68. The van der Waals surface area contributed by atoms with Gasteiger partial charge in [-0.2, -0.15) is 0 Å². The summed E-state index contributed by atoms with van der Waals surface area (Å²) in [6.45, 7) is 3.08. The normalized spacial score (nSPS) is 17.4. The highest BCUT2D eigenvalue weighted by Gasteiger charge is 2.21. The van der Waals surface area contributed by atoms with Gasteiger partial charge < -0.3 is 14.8 Å². The van der Waals surface area contributed by atoms with Crippen LogP contribution in [0.4, 0.5) is 0 Å². The Morgan fingerprint density at radius 3 is 2.62 bits per heavy atom. The topological polar surface area (TPSA) is 56.4 Å². The van der Waals surface area contributed by atoms with Gasteiger partial charge in [-0.25, -0.2) is 0 Å². The van der Waals surface area contributed by atoms with Crippen LogP contribution in [0.2, 0.25) is 0 Å². The number of likely N-dealkylation sites (N-methyl/N-ethyl adjacent to an activating group) is 1. The van der Waals surface area contributed by atoms with E-state index in [4.69, 9.17) is 0 Å². The van der Waals surface area contributed by atoms with E-state index in [9.17, 15) is 9.59 Å². The Bertz CT molecular complexity index is 433. The van der Waals surface area contributed by atoms with E-state index in [0.29, 0.717) is 13.1 Å². The molecule has 0 spiro atoms. The molecule has 0 bridgehead atoms. The molecule has 0 aromatic carbocycles. The predicted molar refractivity (Wildman–Crippen MR) is 60.5 cm³/mol. The van der Waals surface area contributed by atoms with Crippen LogP contribution in [0.15, 0.2) is 23.3 Å². The number of nitrogens with zero attached hydrogens (tertiary/aromatic N) is 2. The van der Waals surface area contributed by atoms with Gasteiger partial charge in [0.25, 0.3) is 5.91 Å². The van der Waals surface area contributed by atoms with Crippen LogP contribution in [0.5, 0.6) is 0 Å². The lowest BCUT2D eigenvalue weighted by molar-refractivity contribution is 0.0662. The Morgan fingerprint density at radius 2 is 2.00 bits per heavy atom. The van der Waals surface area contributed by atoms with Crippen LogP contribution in [-0.4, -0.2) is 53.9 Å². The van der Waals surface area contributed by atoms with Crippen molar-refractivity contribution in [2.75, 3.05) is 33.2 Å². The first-order valence-corrected chi connectivity index (χ1v) is 5.33. The monoisotopic (exact) mass is 221 g/mol. The number of amides is 1. The molecule has 0 atom stereocenters. The molecule has 2 rings (SSSR count). The van der Waals surface area contributed by atoms with E-state index in [1.807, 2.05) is 7.05 Å². The molecule has 1 amide bonds. The fourth-order valence-corrected chi connectivity index (χ4v) is 1.76. The van der Waals surface area contributed by atoms with Gasteiger partial charge in [-0.3, -0.25) is 9.59 Å². The number of carbonyl (C=O) groups excluding carboxylic acids is 1. The first kappa shape index (κ1) is 10.9. The Labute approximate surface area is 93.7 Å². The van der Waals surface area contributed by atoms with Gasteiger partial charge in [0.1, 0.15) is 5.56 Å². The average Bonchev–Trinajstić information content (AvgIpc) is 2.30. The average molecular weight is 221 g/mol. The molecule has 1 N–H and O–H groups in total. The molecule has 1 aromatic rings. The largest absolute Gasteiger partial charge is 0.367 e. The molecule has 1 fully saturated rings. The second kappa shape index (κ2) is 4.49. The first-order valence-electron chi connectivity index (χ1n) is 5.33. The summed E-state index contributed by atoms with van der Waals surface area (Å²) in [5.74, 6) is -0.171. The summed E-state index contributed by atoms with van der Waals surface area (Å²) in [5.41, 5.74) is 0.00901. The van der Waals surface area contributed by atoms with Gasteiger partial charge in [-0.05, 0) is 7.05 Å². The van der Waals surface area contributed by atoms with E-state index < -0.39 is 0 Å². The fraction of sp³-hybridized carbons (Fsp3) is 0.455. The molecule has 2 heterocycles. The zero-order chi connectivity index (χ0) is 11.5. The van der Waals surface area contributed by atoms with E-state index >= 15 is 0 Å². The summed E-state index contributed by atoms with van der Waals surface area (Å²) < 4.78 is 0. The highest BCUT2D eigenvalue weighted by molar-refractivity contribution is 5.93. The number of rotatable bonds is 1. The second-order valence-corrected chi connectivity index (χ2v) is 4.02. The number of hydrogen-bond donors (Lipinski definition) is 1. The number of H-pyrrole nitrogens is 1. The molecule has 5 nitrogen and oxygen atoms in total. The number of piperazine rings is 1. The van der Waals surface area contributed by atoms with Crippen LogP contribution in [-0.2, 0) is 0 Å². The van der Waals surface area contributed by atoms with Crippen molar-refractivity contribution in [3.63, 3.8) is 0 Å². The van der Waals surface area contributed by atoms with Gasteiger partial charge >= 0.3 is 0 Å². The lowest BCUT2D eigenvalue weighted by atomic mass is 10.2. The minimum absolute atomic E-state index is 0.171. The van der Waals surface area contributed by atoms with Crippen LogP contribution in [0.1, 0.15) is 10.4 Å². The molecule has 1 saturated heterocycles. The van der Waals surface area contributed by atoms with Gasteiger partial charge in [0.05, 0.1) is 0 Å². The molecule has 86 valence electrons. The van der Waals surface area contributed by atoms with Gasteiger partial charge in [0.15, 0.2) is 5.43 Å². The van der Waals surface area contributed by atoms with E-state index in [-0.39, 0.29) is 16.9 Å². The summed E-state index contributed by atoms with van der Waals surface area (Å²) in [5, 5.41) is 0. The second-order valence-electron chi connectivity index (χ2n) is 4.02. The Kier molecular flexibility index (Phi) is 3.05. The third-order valence-corrected chi connectivity index (χ3v) is 2.84. The molecule has 0 aliphatic carbocycles. The van der Waals surface area contributed by atoms with Crippen LogP contribution >= 0.6 is 0 Å². The third-order valence-electron chi connectivity index (χ3n) is 2.84. The fourth-order valence-electron chi connectivity index (χ4n) is 1.76. The number of hydrogen-bond acceptors (Lipinski definition) is 3. The van der Waals surface area contributed by atoms with E-state index in [1.165, 1.54) is 18.5 Å². The number of aromatic nitrogens is 1. The zero-order valence-electron chi connectivity index (χ0n) is 9.27.